The highest BCUT2D eigenvalue weighted by atomic mass is 35.5. The molecule has 1 saturated heterocycles. The molecule has 2 atom stereocenters. The first-order valence-corrected chi connectivity index (χ1v) is 14.5. The smallest absolute Gasteiger partial charge is 0.335 e. The van der Waals surface area contributed by atoms with E-state index in [2.05, 4.69) is 15.0 Å². The number of hydrogen-bond acceptors (Lipinski definition) is 7. The van der Waals surface area contributed by atoms with Crippen LogP contribution in [0.4, 0.5) is 11.4 Å². The van der Waals surface area contributed by atoms with Crippen LogP contribution in [-0.4, -0.2) is 43.0 Å². The van der Waals surface area contributed by atoms with Crippen LogP contribution in [0.25, 0.3) is 11.3 Å². The summed E-state index contributed by atoms with van der Waals surface area (Å²) in [4.78, 5) is 17.9. The van der Waals surface area contributed by atoms with Gasteiger partial charge in [0, 0.05) is 17.4 Å². The molecule has 2 aromatic carbocycles. The van der Waals surface area contributed by atoms with Crippen molar-refractivity contribution < 1.29 is 27.5 Å². The maximum absolute atomic E-state index is 12.0. The van der Waals surface area contributed by atoms with E-state index >= 15 is 0 Å². The standard InChI is InChI=1S/C27H23ClN4O6S2/c1-37-22-9-7-16(14-20(22)31-40(2,35)36)32-25(24(30-27(32)39)19-5-3-4-12-29-19)23-11-10-21(38-23)17-13-15(26(33)34)6-8-18(17)28/h3-14,24-25,31H,1-2H3,(H,30,39)(H,33,34)/t24-,25+/m0/s1. The fraction of sp³-hybridized carbons (Fsp3) is 0.148. The van der Waals surface area contributed by atoms with Gasteiger partial charge in [0.05, 0.1) is 41.4 Å². The maximum Gasteiger partial charge on any atom is 0.335 e. The molecule has 13 heteroatoms. The van der Waals surface area contributed by atoms with E-state index in [4.69, 9.17) is 33.0 Å². The molecule has 3 heterocycles. The van der Waals surface area contributed by atoms with Crippen molar-refractivity contribution in [1.29, 1.82) is 0 Å². The van der Waals surface area contributed by atoms with E-state index in [-0.39, 0.29) is 11.3 Å². The molecule has 0 aliphatic carbocycles. The molecule has 1 aliphatic rings. The number of furan rings is 1. The van der Waals surface area contributed by atoms with E-state index < -0.39 is 28.1 Å². The van der Waals surface area contributed by atoms with Gasteiger partial charge in [0.25, 0.3) is 0 Å². The van der Waals surface area contributed by atoms with E-state index in [0.29, 0.717) is 44.3 Å². The summed E-state index contributed by atoms with van der Waals surface area (Å²) in [5, 5.41) is 13.4. The number of anilines is 2. The van der Waals surface area contributed by atoms with Gasteiger partial charge in [-0.05, 0) is 72.9 Å². The first-order chi connectivity index (χ1) is 19.1. The van der Waals surface area contributed by atoms with Crippen molar-refractivity contribution in [3.8, 4) is 17.1 Å². The van der Waals surface area contributed by atoms with Gasteiger partial charge >= 0.3 is 5.97 Å². The number of halogens is 1. The Labute approximate surface area is 240 Å². The van der Waals surface area contributed by atoms with Crippen LogP contribution in [0.15, 0.2) is 77.3 Å². The van der Waals surface area contributed by atoms with E-state index in [1.54, 1.807) is 47.5 Å². The molecule has 40 heavy (non-hydrogen) atoms. The van der Waals surface area contributed by atoms with Gasteiger partial charge in [-0.15, -0.1) is 0 Å². The molecule has 4 aromatic rings. The number of aromatic carboxylic acids is 1. The van der Waals surface area contributed by atoms with Gasteiger partial charge in [-0.1, -0.05) is 17.7 Å². The molecular weight excluding hydrogens is 576 g/mol. The predicted molar refractivity (Wildman–Crippen MR) is 156 cm³/mol. The molecule has 0 spiro atoms. The SMILES string of the molecule is COc1ccc(N2C(=S)N[C@@H](c3ccccn3)[C@H]2c2ccc(-c3cc(C(=O)O)ccc3Cl)o2)cc1NS(C)(=O)=O. The van der Waals surface area contributed by atoms with E-state index in [0.717, 1.165) is 6.26 Å². The zero-order chi connectivity index (χ0) is 28.6. The number of ether oxygens (including phenoxy) is 1. The van der Waals surface area contributed by atoms with Gasteiger partial charge in [0.15, 0.2) is 5.11 Å². The lowest BCUT2D eigenvalue weighted by molar-refractivity contribution is 0.0697. The first-order valence-electron chi connectivity index (χ1n) is 11.8. The summed E-state index contributed by atoms with van der Waals surface area (Å²) in [6.45, 7) is 0. The van der Waals surface area contributed by atoms with Gasteiger partial charge in [-0.2, -0.15) is 0 Å². The lowest BCUT2D eigenvalue weighted by Crippen LogP contribution is -2.29. The molecule has 1 fully saturated rings. The Morgan fingerprint density at radius 3 is 2.65 bits per heavy atom. The Bertz CT molecular complexity index is 1710. The average Bonchev–Trinajstić information content (AvgIpc) is 3.53. The van der Waals surface area contributed by atoms with E-state index in [9.17, 15) is 18.3 Å². The number of aromatic nitrogens is 1. The molecule has 5 rings (SSSR count). The lowest BCUT2D eigenvalue weighted by Gasteiger charge is -2.27. The van der Waals surface area contributed by atoms with Gasteiger partial charge in [0.1, 0.15) is 23.3 Å². The maximum atomic E-state index is 12.0. The summed E-state index contributed by atoms with van der Waals surface area (Å²) in [5.41, 5.74) is 1.99. The Morgan fingerprint density at radius 1 is 1.18 bits per heavy atom. The molecule has 0 saturated carbocycles. The van der Waals surface area contributed by atoms with Crippen LogP contribution in [-0.2, 0) is 10.0 Å². The van der Waals surface area contributed by atoms with Crippen LogP contribution in [0.5, 0.6) is 5.75 Å². The summed E-state index contributed by atoms with van der Waals surface area (Å²) in [5.74, 6) is 0.103. The number of sulfonamides is 1. The minimum absolute atomic E-state index is 0.0678. The van der Waals surface area contributed by atoms with Crippen molar-refractivity contribution in [3.05, 3.63) is 95.0 Å². The second-order valence-corrected chi connectivity index (χ2v) is 11.5. The fourth-order valence-corrected chi connectivity index (χ4v) is 5.67. The monoisotopic (exact) mass is 598 g/mol. The summed E-state index contributed by atoms with van der Waals surface area (Å²) in [7, 11) is -2.16. The van der Waals surface area contributed by atoms with Crippen molar-refractivity contribution in [2.75, 3.05) is 23.0 Å². The third kappa shape index (κ3) is 5.46. The molecule has 0 radical (unpaired) electrons. The van der Waals surface area contributed by atoms with Gasteiger partial charge in [-0.3, -0.25) is 9.71 Å². The largest absolute Gasteiger partial charge is 0.495 e. The number of pyridine rings is 1. The Kier molecular flexibility index (Phi) is 7.41. The van der Waals surface area contributed by atoms with Crippen LogP contribution >= 0.6 is 23.8 Å². The molecule has 0 amide bonds. The van der Waals surface area contributed by atoms with E-state index in [1.807, 2.05) is 12.1 Å². The summed E-state index contributed by atoms with van der Waals surface area (Å²) >= 11 is 12.1. The normalized spacial score (nSPS) is 17.0. The number of hydrogen-bond donors (Lipinski definition) is 3. The number of carbonyl (C=O) groups is 1. The van der Waals surface area contributed by atoms with Crippen LogP contribution in [0.2, 0.25) is 5.02 Å². The van der Waals surface area contributed by atoms with Gasteiger partial charge in [0.2, 0.25) is 10.0 Å². The highest BCUT2D eigenvalue weighted by molar-refractivity contribution is 7.92. The van der Waals surface area contributed by atoms with Gasteiger partial charge in [-0.25, -0.2) is 13.2 Å². The second-order valence-electron chi connectivity index (χ2n) is 8.96. The average molecular weight is 599 g/mol. The number of thiocarbonyl (C=S) groups is 1. The van der Waals surface area contributed by atoms with Crippen molar-refractivity contribution in [2.24, 2.45) is 0 Å². The molecule has 0 unspecified atom stereocenters. The predicted octanol–water partition coefficient (Wildman–Crippen LogP) is 5.25. The number of benzene rings is 2. The summed E-state index contributed by atoms with van der Waals surface area (Å²) in [6.07, 6.45) is 2.72. The van der Waals surface area contributed by atoms with Crippen LogP contribution in [0, 0.1) is 0 Å². The Morgan fingerprint density at radius 2 is 1.98 bits per heavy atom. The first kappa shape index (κ1) is 27.4. The zero-order valence-corrected chi connectivity index (χ0v) is 23.5. The summed E-state index contributed by atoms with van der Waals surface area (Å²) in [6, 6.07) is 17.4. The second kappa shape index (κ2) is 10.8. The third-order valence-corrected chi connectivity index (χ3v) is 7.49. The number of carboxylic acid groups (broad SMARTS) is 1. The van der Waals surface area contributed by atoms with Crippen molar-refractivity contribution >= 4 is 56.3 Å². The van der Waals surface area contributed by atoms with E-state index in [1.165, 1.54) is 25.3 Å². The van der Waals surface area contributed by atoms with Crippen molar-refractivity contribution in [2.45, 2.75) is 12.1 Å². The minimum atomic E-state index is -3.60. The Balaban J connectivity index is 1.63. The topological polar surface area (TPSA) is 134 Å². The number of carboxylic acids is 1. The summed E-state index contributed by atoms with van der Waals surface area (Å²) < 4.78 is 38.2. The fourth-order valence-electron chi connectivity index (χ4n) is 4.55. The number of nitrogens with zero attached hydrogens (tertiary/aromatic N) is 2. The number of nitrogens with one attached hydrogen (secondary N) is 2. The quantitative estimate of drug-likeness (QED) is 0.231. The molecular formula is C27H23ClN4O6S2. The molecule has 10 nitrogen and oxygen atoms in total. The minimum Gasteiger partial charge on any atom is -0.495 e. The van der Waals surface area contributed by atoms with Crippen LogP contribution < -0.4 is 19.7 Å². The molecule has 0 bridgehead atoms. The number of rotatable bonds is 8. The molecule has 2 aromatic heterocycles. The molecule has 206 valence electrons. The highest BCUT2D eigenvalue weighted by Crippen LogP contribution is 2.45. The highest BCUT2D eigenvalue weighted by Gasteiger charge is 2.43. The molecule has 3 N–H and O–H groups in total. The van der Waals surface area contributed by atoms with Crippen LogP contribution in [0.3, 0.4) is 0 Å². The number of methoxy groups -OCH3 is 1. The Hall–Kier alpha value is -4.13. The zero-order valence-electron chi connectivity index (χ0n) is 21.2. The van der Waals surface area contributed by atoms with Gasteiger partial charge < -0.3 is 24.5 Å². The lowest BCUT2D eigenvalue weighted by atomic mass is 10.0. The van der Waals surface area contributed by atoms with Crippen molar-refractivity contribution in [1.82, 2.24) is 10.3 Å². The third-order valence-electron chi connectivity index (χ3n) is 6.25. The van der Waals surface area contributed by atoms with Crippen LogP contribution in [0.1, 0.15) is 33.9 Å². The van der Waals surface area contributed by atoms with Crippen molar-refractivity contribution in [3.63, 3.8) is 0 Å². The molecule has 1 aliphatic heterocycles.